The summed E-state index contributed by atoms with van der Waals surface area (Å²) < 4.78 is -1.66. The third-order valence-corrected chi connectivity index (χ3v) is 5.12. The summed E-state index contributed by atoms with van der Waals surface area (Å²) in [6.45, 7) is 1.70. The van der Waals surface area contributed by atoms with Crippen LogP contribution in [0.4, 0.5) is 0 Å². The van der Waals surface area contributed by atoms with Crippen molar-refractivity contribution in [2.24, 2.45) is 0 Å². The van der Waals surface area contributed by atoms with Crippen LogP contribution >= 0.6 is 79.6 Å². The molecule has 0 aliphatic rings. The molecule has 0 aromatic heterocycles. The van der Waals surface area contributed by atoms with Gasteiger partial charge in [-0.05, 0) is 6.92 Å². The molecular weight excluding hydrogens is 518 g/mol. The van der Waals surface area contributed by atoms with Gasteiger partial charge in [-0.25, -0.2) is 0 Å². The Kier molecular flexibility index (Phi) is 6.73. The number of hydrogen-bond acceptors (Lipinski definition) is 2. The average molecular weight is 526 g/mol. The minimum atomic E-state index is -1.09. The van der Waals surface area contributed by atoms with Crippen LogP contribution in [0.2, 0.25) is 0 Å². The van der Waals surface area contributed by atoms with Gasteiger partial charge in [-0.15, -0.1) is 0 Å². The van der Waals surface area contributed by atoms with Crippen molar-refractivity contribution >= 4 is 85.6 Å². The van der Waals surface area contributed by atoms with E-state index in [-0.39, 0.29) is 5.91 Å². The minimum Gasteiger partial charge on any atom is -0.370 e. The van der Waals surface area contributed by atoms with E-state index >= 15 is 0 Å². The van der Waals surface area contributed by atoms with E-state index in [0.29, 0.717) is 5.33 Å². The first-order chi connectivity index (χ1) is 6.11. The molecule has 0 spiro atoms. The van der Waals surface area contributed by atoms with Gasteiger partial charge >= 0.3 is 0 Å². The summed E-state index contributed by atoms with van der Waals surface area (Å²) in [4.78, 5) is 11.5. The first kappa shape index (κ1) is 15.8. The maximum atomic E-state index is 11.5. The molecule has 0 rings (SSSR count). The lowest BCUT2D eigenvalue weighted by atomic mass is 10.2. The smallest absolute Gasteiger partial charge is 0.239 e. The van der Waals surface area contributed by atoms with Crippen molar-refractivity contribution in [1.29, 1.82) is 0 Å². The van der Waals surface area contributed by atoms with Gasteiger partial charge in [0, 0.05) is 5.33 Å². The summed E-state index contributed by atoms with van der Waals surface area (Å²) in [6, 6.07) is 0. The van der Waals surface area contributed by atoms with Crippen LogP contribution < -0.4 is 5.32 Å². The van der Waals surface area contributed by atoms with Crippen molar-refractivity contribution in [1.82, 2.24) is 5.32 Å². The summed E-state index contributed by atoms with van der Waals surface area (Å²) in [7, 11) is 0. The standard InChI is InChI=1S/C6H8Br5NO2/c1-5(8,2-7)3(13)12-4(14)6(9,10)11/h4,14H,2H2,1H3,(H,12,13)/t4-,5+/m0/s1. The van der Waals surface area contributed by atoms with E-state index in [1.807, 2.05) is 0 Å². The van der Waals surface area contributed by atoms with Gasteiger partial charge in [0.05, 0.1) is 0 Å². The molecule has 84 valence electrons. The summed E-state index contributed by atoms with van der Waals surface area (Å²) in [5.41, 5.74) is 0. The molecule has 14 heavy (non-hydrogen) atoms. The molecule has 0 fully saturated rings. The van der Waals surface area contributed by atoms with Gasteiger partial charge in [-0.3, -0.25) is 4.79 Å². The van der Waals surface area contributed by atoms with E-state index in [1.165, 1.54) is 0 Å². The Morgan fingerprint density at radius 1 is 1.43 bits per heavy atom. The molecule has 2 atom stereocenters. The van der Waals surface area contributed by atoms with Crippen LogP contribution in [0.3, 0.4) is 0 Å². The number of aliphatic hydroxyl groups is 1. The van der Waals surface area contributed by atoms with Gasteiger partial charge < -0.3 is 10.4 Å². The maximum Gasteiger partial charge on any atom is 0.239 e. The molecule has 0 aliphatic heterocycles. The van der Waals surface area contributed by atoms with E-state index in [1.54, 1.807) is 6.92 Å². The zero-order chi connectivity index (χ0) is 11.6. The highest BCUT2D eigenvalue weighted by Crippen LogP contribution is 2.36. The SMILES string of the molecule is C[C@@](Br)(CBr)C(=O)N[C@@H](O)C(Br)(Br)Br. The van der Waals surface area contributed by atoms with Gasteiger partial charge in [-0.1, -0.05) is 79.6 Å². The first-order valence-corrected chi connectivity index (χ1v) is 7.71. The highest BCUT2D eigenvalue weighted by molar-refractivity contribution is 9.39. The predicted octanol–water partition coefficient (Wildman–Crippen LogP) is 2.81. The van der Waals surface area contributed by atoms with E-state index in [2.05, 4.69) is 85.0 Å². The number of carbonyl (C=O) groups is 1. The van der Waals surface area contributed by atoms with E-state index in [0.717, 1.165) is 0 Å². The van der Waals surface area contributed by atoms with Crippen LogP contribution in [-0.2, 0) is 4.79 Å². The highest BCUT2D eigenvalue weighted by atomic mass is 80.0. The number of alkyl halides is 5. The van der Waals surface area contributed by atoms with Crippen molar-refractivity contribution < 1.29 is 9.90 Å². The van der Waals surface area contributed by atoms with E-state index in [9.17, 15) is 9.90 Å². The molecule has 2 N–H and O–H groups in total. The van der Waals surface area contributed by atoms with Gasteiger partial charge in [0.25, 0.3) is 0 Å². The second kappa shape index (κ2) is 5.95. The number of rotatable bonds is 3. The summed E-state index contributed by atoms with van der Waals surface area (Å²) in [6.07, 6.45) is -1.09. The lowest BCUT2D eigenvalue weighted by molar-refractivity contribution is -0.125. The summed E-state index contributed by atoms with van der Waals surface area (Å²) in [5.74, 6) is -0.315. The Bertz CT molecular complexity index is 215. The molecule has 8 heteroatoms. The number of aliphatic hydroxyl groups excluding tert-OH is 1. The van der Waals surface area contributed by atoms with Crippen molar-refractivity contribution in [3.8, 4) is 0 Å². The van der Waals surface area contributed by atoms with Crippen LogP contribution in [-0.4, -0.2) is 29.0 Å². The Balaban J connectivity index is 4.35. The summed E-state index contributed by atoms with van der Waals surface area (Å²) >= 11 is 15.7. The predicted molar refractivity (Wildman–Crippen MR) is 74.8 cm³/mol. The van der Waals surface area contributed by atoms with Gasteiger partial charge in [0.15, 0.2) is 8.37 Å². The second-order valence-corrected chi connectivity index (χ2v) is 12.0. The third kappa shape index (κ3) is 5.25. The van der Waals surface area contributed by atoms with Crippen LogP contribution in [0.25, 0.3) is 0 Å². The fraction of sp³-hybridized carbons (Fsp3) is 0.833. The molecule has 0 heterocycles. The fourth-order valence-corrected chi connectivity index (χ4v) is 1.13. The molecule has 0 bridgehead atoms. The molecule has 0 aliphatic carbocycles. The van der Waals surface area contributed by atoms with Crippen LogP contribution in [0.5, 0.6) is 0 Å². The number of carbonyl (C=O) groups excluding carboxylic acids is 1. The topological polar surface area (TPSA) is 49.3 Å². The Labute approximate surface area is 124 Å². The lowest BCUT2D eigenvalue weighted by Gasteiger charge is -2.25. The number of nitrogens with one attached hydrogen (secondary N) is 1. The van der Waals surface area contributed by atoms with E-state index in [4.69, 9.17) is 0 Å². The summed E-state index contributed by atoms with van der Waals surface area (Å²) in [5, 5.41) is 12.4. The van der Waals surface area contributed by atoms with E-state index < -0.39 is 12.7 Å². The van der Waals surface area contributed by atoms with Crippen molar-refractivity contribution in [2.75, 3.05) is 5.33 Å². The molecule has 0 saturated heterocycles. The largest absolute Gasteiger partial charge is 0.370 e. The first-order valence-electron chi connectivity index (χ1n) is 3.42. The van der Waals surface area contributed by atoms with Crippen LogP contribution in [0.15, 0.2) is 0 Å². The van der Waals surface area contributed by atoms with Crippen molar-refractivity contribution in [3.63, 3.8) is 0 Å². The average Bonchev–Trinajstić information content (AvgIpc) is 2.02. The molecule has 0 radical (unpaired) electrons. The molecular formula is C6H8Br5NO2. The second-order valence-electron chi connectivity index (χ2n) is 2.75. The van der Waals surface area contributed by atoms with Crippen LogP contribution in [0.1, 0.15) is 6.92 Å². The number of halogens is 5. The van der Waals surface area contributed by atoms with Gasteiger partial charge in [0.1, 0.15) is 4.32 Å². The van der Waals surface area contributed by atoms with Gasteiger partial charge in [-0.2, -0.15) is 0 Å². The Hall–Kier alpha value is 1.83. The zero-order valence-electron chi connectivity index (χ0n) is 7.03. The monoisotopic (exact) mass is 521 g/mol. The third-order valence-electron chi connectivity index (χ3n) is 1.30. The Morgan fingerprint density at radius 3 is 2.14 bits per heavy atom. The molecule has 0 saturated carbocycles. The molecule has 0 unspecified atom stereocenters. The number of amides is 1. The quantitative estimate of drug-likeness (QED) is 0.440. The Morgan fingerprint density at radius 2 is 1.86 bits per heavy atom. The molecule has 0 aromatic carbocycles. The fourth-order valence-electron chi connectivity index (χ4n) is 0.417. The van der Waals surface area contributed by atoms with Crippen molar-refractivity contribution in [2.45, 2.75) is 19.6 Å². The van der Waals surface area contributed by atoms with Crippen molar-refractivity contribution in [3.05, 3.63) is 0 Å². The highest BCUT2D eigenvalue weighted by Gasteiger charge is 2.35. The van der Waals surface area contributed by atoms with Crippen LogP contribution in [0, 0.1) is 0 Å². The molecule has 3 nitrogen and oxygen atoms in total. The normalized spacial score (nSPS) is 18.5. The maximum absolute atomic E-state index is 11.5. The molecule has 1 amide bonds. The van der Waals surface area contributed by atoms with Gasteiger partial charge in [0.2, 0.25) is 5.91 Å². The number of hydrogen-bond donors (Lipinski definition) is 2. The zero-order valence-corrected chi connectivity index (χ0v) is 15.0. The molecule has 0 aromatic rings. The minimum absolute atomic E-state index is 0.315. The lowest BCUT2D eigenvalue weighted by Crippen LogP contribution is -2.50.